The van der Waals surface area contributed by atoms with E-state index in [1.54, 1.807) is 11.0 Å². The molecule has 1 N–H and O–H groups in total. The Morgan fingerprint density at radius 3 is 2.40 bits per heavy atom. The van der Waals surface area contributed by atoms with Crippen LogP contribution >= 0.6 is 15.9 Å². The van der Waals surface area contributed by atoms with Gasteiger partial charge in [-0.3, -0.25) is 14.5 Å². The fourth-order valence-corrected chi connectivity index (χ4v) is 3.38. The van der Waals surface area contributed by atoms with Crippen LogP contribution in [-0.4, -0.2) is 60.9 Å². The van der Waals surface area contributed by atoms with Crippen molar-refractivity contribution >= 4 is 33.4 Å². The van der Waals surface area contributed by atoms with E-state index in [-0.39, 0.29) is 36.3 Å². The SMILES string of the molecule is O=C(CCN1CCN(C(=O)COc2ccc(F)cc2)CC1)Nc1ccc(Br)cc1F. The van der Waals surface area contributed by atoms with E-state index >= 15 is 0 Å². The van der Waals surface area contributed by atoms with Gasteiger partial charge in [-0.1, -0.05) is 15.9 Å². The molecule has 6 nitrogen and oxygen atoms in total. The molecule has 0 aliphatic carbocycles. The largest absolute Gasteiger partial charge is 0.484 e. The minimum absolute atomic E-state index is 0.104. The number of nitrogens with one attached hydrogen (secondary N) is 1. The van der Waals surface area contributed by atoms with Gasteiger partial charge >= 0.3 is 0 Å². The van der Waals surface area contributed by atoms with Crippen LogP contribution in [0.15, 0.2) is 46.9 Å². The molecule has 160 valence electrons. The molecule has 2 aromatic carbocycles. The molecule has 1 heterocycles. The molecule has 1 aliphatic heterocycles. The lowest BCUT2D eigenvalue weighted by molar-refractivity contribution is -0.135. The highest BCUT2D eigenvalue weighted by molar-refractivity contribution is 9.10. The Kier molecular flexibility index (Phi) is 7.75. The third-order valence-electron chi connectivity index (χ3n) is 4.76. The van der Waals surface area contributed by atoms with E-state index in [9.17, 15) is 18.4 Å². The van der Waals surface area contributed by atoms with Gasteiger partial charge in [-0.2, -0.15) is 0 Å². The second-order valence-electron chi connectivity index (χ2n) is 6.89. The van der Waals surface area contributed by atoms with Crippen LogP contribution in [0, 0.1) is 11.6 Å². The molecule has 0 unspecified atom stereocenters. The van der Waals surface area contributed by atoms with Crippen LogP contribution in [0.1, 0.15) is 6.42 Å². The lowest BCUT2D eigenvalue weighted by Crippen LogP contribution is -2.50. The van der Waals surface area contributed by atoms with Crippen molar-refractivity contribution in [3.8, 4) is 5.75 Å². The van der Waals surface area contributed by atoms with E-state index in [0.29, 0.717) is 42.9 Å². The summed E-state index contributed by atoms with van der Waals surface area (Å²) in [5.74, 6) is -0.811. The molecule has 0 bridgehead atoms. The Hall–Kier alpha value is -2.52. The maximum atomic E-state index is 13.8. The number of amides is 2. The number of rotatable bonds is 7. The quantitative estimate of drug-likeness (QED) is 0.659. The molecular weight excluding hydrogens is 460 g/mol. The first-order valence-electron chi connectivity index (χ1n) is 9.54. The normalized spacial score (nSPS) is 14.4. The van der Waals surface area contributed by atoms with Crippen molar-refractivity contribution in [1.29, 1.82) is 0 Å². The van der Waals surface area contributed by atoms with Gasteiger partial charge < -0.3 is 15.0 Å². The van der Waals surface area contributed by atoms with Crippen molar-refractivity contribution in [3.05, 3.63) is 58.6 Å². The molecule has 30 heavy (non-hydrogen) atoms. The van der Waals surface area contributed by atoms with Crippen LogP contribution < -0.4 is 10.1 Å². The van der Waals surface area contributed by atoms with Crippen LogP contribution in [0.2, 0.25) is 0 Å². The number of hydrogen-bond acceptors (Lipinski definition) is 4. The first kappa shape index (κ1) is 22.2. The van der Waals surface area contributed by atoms with E-state index in [2.05, 4.69) is 26.1 Å². The summed E-state index contributed by atoms with van der Waals surface area (Å²) in [5, 5.41) is 2.57. The van der Waals surface area contributed by atoms with Crippen molar-refractivity contribution in [3.63, 3.8) is 0 Å². The molecule has 2 amide bonds. The summed E-state index contributed by atoms with van der Waals surface area (Å²) in [4.78, 5) is 28.2. The molecule has 1 fully saturated rings. The highest BCUT2D eigenvalue weighted by atomic mass is 79.9. The standard InChI is InChI=1S/C21H22BrF2N3O3/c22-15-1-6-19(18(24)13-15)25-20(28)7-8-26-9-11-27(12-10-26)21(29)14-30-17-4-2-16(23)3-5-17/h1-6,13H,7-12,14H2,(H,25,28). The summed E-state index contributed by atoms with van der Waals surface area (Å²) in [6.45, 7) is 2.78. The van der Waals surface area contributed by atoms with Gasteiger partial charge in [0.05, 0.1) is 5.69 Å². The van der Waals surface area contributed by atoms with Gasteiger partial charge in [0, 0.05) is 43.6 Å². The van der Waals surface area contributed by atoms with Crippen LogP contribution in [-0.2, 0) is 9.59 Å². The molecule has 3 rings (SSSR count). The molecule has 0 radical (unpaired) electrons. The summed E-state index contributed by atoms with van der Waals surface area (Å²) in [6, 6.07) is 9.98. The highest BCUT2D eigenvalue weighted by Gasteiger charge is 2.22. The molecule has 0 atom stereocenters. The smallest absolute Gasteiger partial charge is 0.260 e. The molecule has 9 heteroatoms. The third kappa shape index (κ3) is 6.50. The maximum absolute atomic E-state index is 13.8. The summed E-state index contributed by atoms with van der Waals surface area (Å²) in [5.41, 5.74) is 0.153. The Balaban J connectivity index is 1.36. The monoisotopic (exact) mass is 481 g/mol. The molecule has 1 aliphatic rings. The van der Waals surface area contributed by atoms with E-state index in [0.717, 1.165) is 0 Å². The van der Waals surface area contributed by atoms with Crippen molar-refractivity contribution in [2.45, 2.75) is 6.42 Å². The number of piperazine rings is 1. The molecular formula is C21H22BrF2N3O3. The average molecular weight is 482 g/mol. The second kappa shape index (κ2) is 10.5. The Bertz CT molecular complexity index is 888. The van der Waals surface area contributed by atoms with E-state index < -0.39 is 5.82 Å². The minimum atomic E-state index is -0.493. The predicted molar refractivity (Wildman–Crippen MR) is 112 cm³/mol. The topological polar surface area (TPSA) is 61.9 Å². The van der Waals surface area contributed by atoms with Crippen LogP contribution in [0.25, 0.3) is 0 Å². The minimum Gasteiger partial charge on any atom is -0.484 e. The van der Waals surface area contributed by atoms with Gasteiger partial charge in [0.1, 0.15) is 17.4 Å². The third-order valence-corrected chi connectivity index (χ3v) is 5.25. The van der Waals surface area contributed by atoms with Gasteiger partial charge in [0.25, 0.3) is 5.91 Å². The van der Waals surface area contributed by atoms with E-state index in [1.165, 1.54) is 36.4 Å². The molecule has 0 spiro atoms. The zero-order valence-corrected chi connectivity index (χ0v) is 17.8. The van der Waals surface area contributed by atoms with Crippen molar-refractivity contribution in [2.75, 3.05) is 44.6 Å². The van der Waals surface area contributed by atoms with Gasteiger partial charge in [-0.05, 0) is 42.5 Å². The summed E-state index contributed by atoms with van der Waals surface area (Å²) < 4.78 is 32.7. The summed E-state index contributed by atoms with van der Waals surface area (Å²) in [7, 11) is 0. The first-order valence-corrected chi connectivity index (χ1v) is 10.3. The van der Waals surface area contributed by atoms with Crippen molar-refractivity contribution in [1.82, 2.24) is 9.80 Å². The average Bonchev–Trinajstić information content (AvgIpc) is 2.74. The number of carbonyl (C=O) groups is 2. The molecule has 0 aromatic heterocycles. The second-order valence-corrected chi connectivity index (χ2v) is 7.80. The Morgan fingerprint density at radius 2 is 1.73 bits per heavy atom. The fourth-order valence-electron chi connectivity index (χ4n) is 3.05. The zero-order valence-electron chi connectivity index (χ0n) is 16.2. The van der Waals surface area contributed by atoms with Gasteiger partial charge in [0.15, 0.2) is 6.61 Å². The van der Waals surface area contributed by atoms with Gasteiger partial charge in [-0.25, -0.2) is 8.78 Å². The number of carbonyl (C=O) groups excluding carboxylic acids is 2. The summed E-state index contributed by atoms with van der Waals surface area (Å²) >= 11 is 3.18. The maximum Gasteiger partial charge on any atom is 0.260 e. The number of halogens is 3. The fraction of sp³-hybridized carbons (Fsp3) is 0.333. The first-order chi connectivity index (χ1) is 14.4. The number of benzene rings is 2. The number of ether oxygens (including phenoxy) is 1. The van der Waals surface area contributed by atoms with E-state index in [1.807, 2.05) is 0 Å². The Labute approximate surface area is 181 Å². The lowest BCUT2D eigenvalue weighted by Gasteiger charge is -2.34. The van der Waals surface area contributed by atoms with Crippen LogP contribution in [0.4, 0.5) is 14.5 Å². The zero-order chi connectivity index (χ0) is 21.5. The van der Waals surface area contributed by atoms with Crippen molar-refractivity contribution < 1.29 is 23.1 Å². The van der Waals surface area contributed by atoms with Crippen LogP contribution in [0.5, 0.6) is 5.75 Å². The number of hydrogen-bond donors (Lipinski definition) is 1. The van der Waals surface area contributed by atoms with Gasteiger partial charge in [-0.15, -0.1) is 0 Å². The summed E-state index contributed by atoms with van der Waals surface area (Å²) in [6.07, 6.45) is 0.233. The van der Waals surface area contributed by atoms with Gasteiger partial charge in [0.2, 0.25) is 5.91 Å². The van der Waals surface area contributed by atoms with Crippen molar-refractivity contribution in [2.24, 2.45) is 0 Å². The highest BCUT2D eigenvalue weighted by Crippen LogP contribution is 2.19. The Morgan fingerprint density at radius 1 is 1.03 bits per heavy atom. The molecule has 2 aromatic rings. The van der Waals surface area contributed by atoms with E-state index in [4.69, 9.17) is 4.74 Å². The number of anilines is 1. The lowest BCUT2D eigenvalue weighted by atomic mass is 10.2. The van der Waals surface area contributed by atoms with Crippen LogP contribution in [0.3, 0.4) is 0 Å². The number of nitrogens with zero attached hydrogens (tertiary/aromatic N) is 2. The predicted octanol–water partition coefficient (Wildman–Crippen LogP) is 3.28. The molecule has 1 saturated heterocycles. The molecule has 0 saturated carbocycles.